The molecule has 0 heterocycles. The minimum absolute atomic E-state index is 0.681. The van der Waals surface area contributed by atoms with Crippen LogP contribution in [-0.2, 0) is 6.54 Å². The van der Waals surface area contributed by atoms with E-state index < -0.39 is 0 Å². The molecule has 20 heavy (non-hydrogen) atoms. The molecule has 0 aliphatic rings. The summed E-state index contributed by atoms with van der Waals surface area (Å²) in [4.78, 5) is 0. The summed E-state index contributed by atoms with van der Waals surface area (Å²) in [5, 5.41) is 4.04. The Bertz CT molecular complexity index is 611. The lowest BCUT2D eigenvalue weighted by Gasteiger charge is -2.12. The van der Waals surface area contributed by atoms with Gasteiger partial charge >= 0.3 is 0 Å². The van der Waals surface area contributed by atoms with E-state index >= 15 is 0 Å². The first-order valence-corrected chi connectivity index (χ1v) is 8.48. The molecule has 2 rings (SSSR count). The molecule has 6 heteroatoms. The fraction of sp³-hybridized carbons (Fsp3) is 0.143. The molecule has 1 N–H and O–H groups in total. The van der Waals surface area contributed by atoms with Gasteiger partial charge in [0.15, 0.2) is 0 Å². The van der Waals surface area contributed by atoms with E-state index in [9.17, 15) is 0 Å². The molecule has 0 aliphatic heterocycles. The number of hydrogen-bond donors (Lipinski definition) is 1. The topological polar surface area (TPSA) is 21.3 Å². The first kappa shape index (κ1) is 16.1. The van der Waals surface area contributed by atoms with Gasteiger partial charge in [-0.25, -0.2) is 0 Å². The lowest BCUT2D eigenvalue weighted by molar-refractivity contribution is 0.409. The lowest BCUT2D eigenvalue weighted by atomic mass is 10.2. The molecule has 0 atom stereocenters. The van der Waals surface area contributed by atoms with Gasteiger partial charge in [0.1, 0.15) is 5.75 Å². The summed E-state index contributed by atoms with van der Waals surface area (Å²) < 4.78 is 7.98. The zero-order valence-corrected chi connectivity index (χ0v) is 16.0. The van der Waals surface area contributed by atoms with Crippen molar-refractivity contribution >= 4 is 65.1 Å². The maximum absolute atomic E-state index is 6.07. The fourth-order valence-corrected chi connectivity index (χ4v) is 3.93. The van der Waals surface area contributed by atoms with Crippen molar-refractivity contribution in [2.45, 2.75) is 6.54 Å². The fourth-order valence-electron chi connectivity index (χ4n) is 1.75. The van der Waals surface area contributed by atoms with E-state index in [0.717, 1.165) is 30.4 Å². The normalized spacial score (nSPS) is 10.4. The molecule has 0 saturated carbocycles. The Morgan fingerprint density at radius 2 is 1.80 bits per heavy atom. The van der Waals surface area contributed by atoms with E-state index in [0.29, 0.717) is 11.6 Å². The van der Waals surface area contributed by atoms with Crippen LogP contribution in [-0.4, -0.2) is 7.11 Å². The van der Waals surface area contributed by atoms with Crippen LogP contribution in [0, 0.1) is 0 Å². The van der Waals surface area contributed by atoms with Crippen molar-refractivity contribution < 1.29 is 4.74 Å². The van der Waals surface area contributed by atoms with E-state index in [4.69, 9.17) is 16.3 Å². The van der Waals surface area contributed by atoms with Crippen molar-refractivity contribution in [2.24, 2.45) is 0 Å². The number of hydrogen-bond acceptors (Lipinski definition) is 2. The summed E-state index contributed by atoms with van der Waals surface area (Å²) in [7, 11) is 1.64. The Balaban J connectivity index is 2.17. The molecule has 0 unspecified atom stereocenters. The van der Waals surface area contributed by atoms with Crippen LogP contribution < -0.4 is 10.1 Å². The number of benzene rings is 2. The van der Waals surface area contributed by atoms with Crippen LogP contribution in [0.5, 0.6) is 5.75 Å². The quantitative estimate of drug-likeness (QED) is 0.554. The number of anilines is 1. The van der Waals surface area contributed by atoms with E-state index in [2.05, 4.69) is 53.1 Å². The van der Waals surface area contributed by atoms with Crippen molar-refractivity contribution in [3.63, 3.8) is 0 Å². The minimum atomic E-state index is 0.681. The number of halogens is 4. The van der Waals surface area contributed by atoms with Gasteiger partial charge in [-0.2, -0.15) is 0 Å². The first-order chi connectivity index (χ1) is 9.52. The SMILES string of the molecule is COc1c(Br)cc(CNc2cccc(Cl)c2Br)cc1Br. The number of ether oxygens (including phenoxy) is 1. The summed E-state index contributed by atoms with van der Waals surface area (Å²) in [6, 6.07) is 9.78. The van der Waals surface area contributed by atoms with E-state index in [-0.39, 0.29) is 0 Å². The third-order valence-electron chi connectivity index (χ3n) is 2.70. The Morgan fingerprint density at radius 1 is 1.15 bits per heavy atom. The zero-order chi connectivity index (χ0) is 14.7. The Kier molecular flexibility index (Phi) is 5.78. The minimum Gasteiger partial charge on any atom is -0.494 e. The van der Waals surface area contributed by atoms with Crippen LogP contribution in [0.1, 0.15) is 5.56 Å². The van der Waals surface area contributed by atoms with E-state index in [1.54, 1.807) is 7.11 Å². The van der Waals surface area contributed by atoms with E-state index in [1.165, 1.54) is 0 Å². The molecule has 0 aliphatic carbocycles. The monoisotopic (exact) mass is 481 g/mol. The third kappa shape index (κ3) is 3.70. The summed E-state index contributed by atoms with van der Waals surface area (Å²) in [5.41, 5.74) is 2.08. The van der Waals surface area contributed by atoms with Gasteiger partial charge < -0.3 is 10.1 Å². The standard InChI is InChI=1S/C14H11Br3ClNO/c1-20-14-9(15)5-8(6-10(14)16)7-19-12-4-2-3-11(18)13(12)17/h2-6,19H,7H2,1H3. The highest BCUT2D eigenvalue weighted by Gasteiger charge is 2.08. The van der Waals surface area contributed by atoms with Gasteiger partial charge in [0, 0.05) is 6.54 Å². The number of rotatable bonds is 4. The smallest absolute Gasteiger partial charge is 0.147 e. The molecule has 0 radical (unpaired) electrons. The van der Waals surface area contributed by atoms with Gasteiger partial charge in [-0.15, -0.1) is 0 Å². The Morgan fingerprint density at radius 3 is 2.40 bits per heavy atom. The summed E-state index contributed by atoms with van der Waals surface area (Å²) in [6.07, 6.45) is 0. The molecular weight excluding hydrogens is 473 g/mol. The van der Waals surface area contributed by atoms with Crippen LogP contribution in [0.25, 0.3) is 0 Å². The van der Waals surface area contributed by atoms with Crippen molar-refractivity contribution in [3.8, 4) is 5.75 Å². The van der Waals surface area contributed by atoms with Crippen molar-refractivity contribution in [1.82, 2.24) is 0 Å². The Labute approximate surface area is 148 Å². The second-order valence-electron chi connectivity index (χ2n) is 4.05. The van der Waals surface area contributed by atoms with Crippen LogP contribution >= 0.6 is 59.4 Å². The molecule has 0 aromatic heterocycles. The lowest BCUT2D eigenvalue weighted by Crippen LogP contribution is -2.01. The second kappa shape index (κ2) is 7.16. The van der Waals surface area contributed by atoms with Gasteiger partial charge in [-0.1, -0.05) is 17.7 Å². The maximum Gasteiger partial charge on any atom is 0.147 e. The van der Waals surface area contributed by atoms with Gasteiger partial charge in [0.05, 0.1) is 31.2 Å². The number of nitrogens with one attached hydrogen (secondary N) is 1. The van der Waals surface area contributed by atoms with Gasteiger partial charge in [-0.3, -0.25) is 0 Å². The van der Waals surface area contributed by atoms with Crippen LogP contribution in [0.2, 0.25) is 5.02 Å². The van der Waals surface area contributed by atoms with Crippen LogP contribution in [0.15, 0.2) is 43.7 Å². The predicted molar refractivity (Wildman–Crippen MR) is 94.9 cm³/mol. The molecular formula is C14H11Br3ClNO. The summed E-state index contributed by atoms with van der Waals surface area (Å²) in [5.74, 6) is 0.790. The van der Waals surface area contributed by atoms with Gasteiger partial charge in [-0.05, 0) is 77.6 Å². The largest absolute Gasteiger partial charge is 0.494 e. The third-order valence-corrected chi connectivity index (χ3v) is 5.27. The average molecular weight is 484 g/mol. The molecule has 2 aromatic rings. The molecule has 0 fully saturated rings. The summed E-state index contributed by atoms with van der Waals surface area (Å²) in [6.45, 7) is 0.681. The van der Waals surface area contributed by atoms with Gasteiger partial charge in [0.2, 0.25) is 0 Å². The number of methoxy groups -OCH3 is 1. The van der Waals surface area contributed by atoms with Crippen LogP contribution in [0.3, 0.4) is 0 Å². The highest BCUT2D eigenvalue weighted by Crippen LogP contribution is 2.35. The molecule has 0 saturated heterocycles. The molecule has 2 aromatic carbocycles. The van der Waals surface area contributed by atoms with Crippen LogP contribution in [0.4, 0.5) is 5.69 Å². The van der Waals surface area contributed by atoms with Gasteiger partial charge in [0.25, 0.3) is 0 Å². The maximum atomic E-state index is 6.07. The Hall–Kier alpha value is -0.230. The van der Waals surface area contributed by atoms with Crippen molar-refractivity contribution in [3.05, 3.63) is 54.3 Å². The highest BCUT2D eigenvalue weighted by molar-refractivity contribution is 9.11. The molecule has 0 amide bonds. The summed E-state index contributed by atoms with van der Waals surface area (Å²) >= 11 is 16.5. The molecule has 2 nitrogen and oxygen atoms in total. The molecule has 0 spiro atoms. The molecule has 0 bridgehead atoms. The second-order valence-corrected chi connectivity index (χ2v) is 6.96. The predicted octanol–water partition coefficient (Wildman–Crippen LogP) is 6.25. The molecule has 106 valence electrons. The average Bonchev–Trinajstić information content (AvgIpc) is 2.40. The van der Waals surface area contributed by atoms with Crippen molar-refractivity contribution in [2.75, 3.05) is 12.4 Å². The van der Waals surface area contributed by atoms with E-state index in [1.807, 2.05) is 30.3 Å². The van der Waals surface area contributed by atoms with Crippen molar-refractivity contribution in [1.29, 1.82) is 0 Å². The zero-order valence-electron chi connectivity index (χ0n) is 10.5. The highest BCUT2D eigenvalue weighted by atomic mass is 79.9. The first-order valence-electron chi connectivity index (χ1n) is 5.72.